The Balaban J connectivity index is 0.921. The van der Waals surface area contributed by atoms with Crippen LogP contribution in [0.15, 0.2) is 237 Å². The maximum Gasteiger partial charge on any atom is 0.119 e. The highest BCUT2D eigenvalue weighted by Crippen LogP contribution is 2.43. The minimum atomic E-state index is 0.846. The molecule has 0 N–H and O–H groups in total. The molecule has 0 saturated heterocycles. The topological polar surface area (TPSA) is 17.4 Å². The lowest BCUT2D eigenvalue weighted by Crippen LogP contribution is -2.09. The van der Waals surface area contributed by atoms with Gasteiger partial charge in [-0.05, 0) is 136 Å². The first-order valence-corrected chi connectivity index (χ1v) is 22.8. The van der Waals surface area contributed by atoms with E-state index < -0.39 is 0 Å². The van der Waals surface area contributed by atoms with Gasteiger partial charge < -0.3 is 14.2 Å². The summed E-state index contributed by atoms with van der Waals surface area (Å²) in [6, 6.07) is 85.7. The van der Waals surface area contributed by atoms with Crippen LogP contribution in [-0.4, -0.2) is 11.7 Å². The molecule has 0 aliphatic carbocycles. The van der Waals surface area contributed by atoms with Crippen molar-refractivity contribution in [3.8, 4) is 55.9 Å². The van der Waals surface area contributed by atoms with Crippen molar-refractivity contribution in [2.24, 2.45) is 0 Å². The molecule has 2 aromatic heterocycles. The molecule has 12 aromatic rings. The highest BCUT2D eigenvalue weighted by atomic mass is 32.1. The van der Waals surface area contributed by atoms with Gasteiger partial charge in [-0.3, -0.25) is 0 Å². The minimum absolute atomic E-state index is 0.846. The first-order valence-electron chi connectivity index (χ1n) is 22.0. The van der Waals surface area contributed by atoms with E-state index >= 15 is 0 Å². The van der Waals surface area contributed by atoms with Crippen LogP contribution >= 0.6 is 11.3 Å². The zero-order valence-corrected chi connectivity index (χ0v) is 36.5. The van der Waals surface area contributed by atoms with Crippen molar-refractivity contribution in [1.82, 2.24) is 4.57 Å². The lowest BCUT2D eigenvalue weighted by molar-refractivity contribution is 0.415. The van der Waals surface area contributed by atoms with Crippen molar-refractivity contribution >= 4 is 70.4 Å². The molecule has 0 atom stereocenters. The number of para-hydroxylation sites is 1. The molecule has 0 radical (unpaired) electrons. The summed E-state index contributed by atoms with van der Waals surface area (Å²) in [5.74, 6) is 0.846. The molecular formula is C61H42N2OS. The van der Waals surface area contributed by atoms with Crippen LogP contribution in [0.1, 0.15) is 0 Å². The van der Waals surface area contributed by atoms with Gasteiger partial charge >= 0.3 is 0 Å². The van der Waals surface area contributed by atoms with Gasteiger partial charge in [0.05, 0.1) is 18.1 Å². The van der Waals surface area contributed by atoms with Crippen LogP contribution in [0.25, 0.3) is 92.2 Å². The molecule has 0 fully saturated rings. The Morgan fingerprint density at radius 1 is 0.369 bits per heavy atom. The monoisotopic (exact) mass is 850 g/mol. The average Bonchev–Trinajstić information content (AvgIpc) is 3.93. The molecule has 0 unspecified atom stereocenters. The van der Waals surface area contributed by atoms with Gasteiger partial charge in [0, 0.05) is 53.7 Å². The molecule has 2 heterocycles. The van der Waals surface area contributed by atoms with E-state index in [2.05, 4.69) is 234 Å². The summed E-state index contributed by atoms with van der Waals surface area (Å²) >= 11 is 1.87. The van der Waals surface area contributed by atoms with Crippen molar-refractivity contribution in [3.63, 3.8) is 0 Å². The molecule has 3 nitrogen and oxygen atoms in total. The van der Waals surface area contributed by atoms with E-state index in [1.54, 1.807) is 7.11 Å². The Kier molecular flexibility index (Phi) is 9.58. The first kappa shape index (κ1) is 38.5. The smallest absolute Gasteiger partial charge is 0.119 e. The molecule has 65 heavy (non-hydrogen) atoms. The van der Waals surface area contributed by atoms with Gasteiger partial charge in [-0.2, -0.15) is 0 Å². The number of nitrogens with zero attached hydrogens (tertiary/aromatic N) is 2. The summed E-state index contributed by atoms with van der Waals surface area (Å²) < 4.78 is 10.4. The highest BCUT2D eigenvalue weighted by Gasteiger charge is 2.17. The average molecular weight is 851 g/mol. The number of aromatic nitrogens is 1. The summed E-state index contributed by atoms with van der Waals surface area (Å²) in [6.45, 7) is 0. The van der Waals surface area contributed by atoms with E-state index in [1.165, 1.54) is 80.9 Å². The standard InChI is InChI=1S/C61H42N2OS/c1-64-52-36-34-51(35-37-52)63-58-19-7-5-15-54(58)57-40-47(27-38-59(57)63)43-23-30-49(31-24-43)62(48-28-21-42(22-29-48)46-14-9-13-45(39-46)41-11-3-2-4-12-41)50-32-25-44(26-33-50)53-17-10-18-56-55-16-6-8-20-60(55)65-61(53)56/h2-40H,1H3. The van der Waals surface area contributed by atoms with E-state index in [4.69, 9.17) is 4.74 Å². The second-order valence-corrected chi connectivity index (χ2v) is 17.5. The first-order chi connectivity index (χ1) is 32.2. The molecule has 0 saturated carbocycles. The second kappa shape index (κ2) is 16.2. The molecule has 0 spiro atoms. The van der Waals surface area contributed by atoms with Crippen molar-refractivity contribution < 1.29 is 4.74 Å². The Labute approximate surface area is 382 Å². The fourth-order valence-electron chi connectivity index (χ4n) is 9.49. The fraction of sp³-hybridized carbons (Fsp3) is 0.0164. The summed E-state index contributed by atoms with van der Waals surface area (Å²) in [4.78, 5) is 2.36. The molecule has 4 heteroatoms. The van der Waals surface area contributed by atoms with Crippen LogP contribution in [0.2, 0.25) is 0 Å². The zero-order valence-electron chi connectivity index (χ0n) is 35.7. The highest BCUT2D eigenvalue weighted by molar-refractivity contribution is 7.26. The summed E-state index contributed by atoms with van der Waals surface area (Å²) in [5, 5.41) is 5.08. The number of thiophene rings is 1. The summed E-state index contributed by atoms with van der Waals surface area (Å²) in [6.07, 6.45) is 0. The van der Waals surface area contributed by atoms with Gasteiger partial charge in [0.25, 0.3) is 0 Å². The maximum atomic E-state index is 5.47. The Morgan fingerprint density at radius 3 is 1.55 bits per heavy atom. The maximum absolute atomic E-state index is 5.47. The molecule has 308 valence electrons. The molecule has 0 aliphatic heterocycles. The number of hydrogen-bond acceptors (Lipinski definition) is 3. The largest absolute Gasteiger partial charge is 0.497 e. The van der Waals surface area contributed by atoms with Crippen LogP contribution in [-0.2, 0) is 0 Å². The van der Waals surface area contributed by atoms with E-state index in [0.717, 1.165) is 34.1 Å². The van der Waals surface area contributed by atoms with Crippen molar-refractivity contribution in [1.29, 1.82) is 0 Å². The van der Waals surface area contributed by atoms with Gasteiger partial charge in [-0.25, -0.2) is 0 Å². The lowest BCUT2D eigenvalue weighted by Gasteiger charge is -2.26. The number of rotatable bonds is 9. The number of fused-ring (bicyclic) bond motifs is 6. The normalized spacial score (nSPS) is 11.5. The van der Waals surface area contributed by atoms with Gasteiger partial charge in [0.15, 0.2) is 0 Å². The van der Waals surface area contributed by atoms with Gasteiger partial charge in [-0.1, -0.05) is 146 Å². The third-order valence-corrected chi connectivity index (χ3v) is 14.0. The minimum Gasteiger partial charge on any atom is -0.497 e. The summed E-state index contributed by atoms with van der Waals surface area (Å²) in [5.41, 5.74) is 16.3. The van der Waals surface area contributed by atoms with Crippen molar-refractivity contribution in [3.05, 3.63) is 237 Å². The van der Waals surface area contributed by atoms with E-state index in [-0.39, 0.29) is 0 Å². The molecule has 10 aromatic carbocycles. The third kappa shape index (κ3) is 6.92. The quantitative estimate of drug-likeness (QED) is 0.144. The lowest BCUT2D eigenvalue weighted by atomic mass is 9.98. The van der Waals surface area contributed by atoms with Crippen LogP contribution in [0.3, 0.4) is 0 Å². The van der Waals surface area contributed by atoms with Crippen molar-refractivity contribution in [2.75, 3.05) is 12.0 Å². The third-order valence-electron chi connectivity index (χ3n) is 12.7. The van der Waals surface area contributed by atoms with Crippen molar-refractivity contribution in [2.45, 2.75) is 0 Å². The van der Waals surface area contributed by atoms with Gasteiger partial charge in [-0.15, -0.1) is 11.3 Å². The number of ether oxygens (including phenoxy) is 1. The van der Waals surface area contributed by atoms with Crippen LogP contribution < -0.4 is 9.64 Å². The fourth-order valence-corrected chi connectivity index (χ4v) is 10.7. The zero-order chi connectivity index (χ0) is 43.3. The van der Waals surface area contributed by atoms with E-state index in [9.17, 15) is 0 Å². The second-order valence-electron chi connectivity index (χ2n) is 16.5. The van der Waals surface area contributed by atoms with Crippen LogP contribution in [0.5, 0.6) is 5.75 Å². The molecular weight excluding hydrogens is 809 g/mol. The Bertz CT molecular complexity index is 3660. The number of methoxy groups -OCH3 is 1. The van der Waals surface area contributed by atoms with Gasteiger partial charge in [0.1, 0.15) is 5.75 Å². The number of hydrogen-bond donors (Lipinski definition) is 0. The van der Waals surface area contributed by atoms with Gasteiger partial charge in [0.2, 0.25) is 0 Å². The SMILES string of the molecule is COc1ccc(-n2c3ccccc3c3cc(-c4ccc(N(c5ccc(-c6cccc(-c7ccccc7)c6)cc5)c5ccc(-c6cccc7c6sc6ccccc67)cc5)cc4)ccc32)cc1. The molecule has 0 aliphatic rings. The molecule has 0 bridgehead atoms. The number of anilines is 3. The molecule has 0 amide bonds. The van der Waals surface area contributed by atoms with E-state index in [0.29, 0.717) is 0 Å². The number of benzene rings is 10. The predicted octanol–water partition coefficient (Wildman–Crippen LogP) is 17.3. The van der Waals surface area contributed by atoms with Crippen LogP contribution in [0.4, 0.5) is 17.1 Å². The Morgan fingerprint density at radius 2 is 0.877 bits per heavy atom. The van der Waals surface area contributed by atoms with Crippen LogP contribution in [0, 0.1) is 0 Å². The Hall–Kier alpha value is -8.18. The van der Waals surface area contributed by atoms with E-state index in [1.807, 2.05) is 23.5 Å². The predicted molar refractivity (Wildman–Crippen MR) is 277 cm³/mol. The molecule has 12 rings (SSSR count). The summed E-state index contributed by atoms with van der Waals surface area (Å²) in [7, 11) is 1.71.